The smallest absolute Gasteiger partial charge is 0.256 e. The second-order valence-corrected chi connectivity index (χ2v) is 8.39. The van der Waals surface area contributed by atoms with Gasteiger partial charge in [-0.25, -0.2) is 8.78 Å². The maximum Gasteiger partial charge on any atom is 0.256 e. The number of benzene rings is 3. The first-order chi connectivity index (χ1) is 16.9. The molecule has 7 nitrogen and oxygen atoms in total. The van der Waals surface area contributed by atoms with Crippen molar-refractivity contribution in [3.05, 3.63) is 83.9 Å². The Morgan fingerprint density at radius 1 is 0.971 bits per heavy atom. The molecule has 0 bridgehead atoms. The summed E-state index contributed by atoms with van der Waals surface area (Å²) in [6.45, 7) is 0.358. The summed E-state index contributed by atoms with van der Waals surface area (Å²) in [5.41, 5.74) is 1.61. The summed E-state index contributed by atoms with van der Waals surface area (Å²) >= 11 is 5.63. The lowest BCUT2D eigenvalue weighted by molar-refractivity contribution is -0.124. The number of hydrogen-bond acceptors (Lipinski definition) is 5. The van der Waals surface area contributed by atoms with Gasteiger partial charge >= 0.3 is 0 Å². The molecule has 0 unspecified atom stereocenters. The van der Waals surface area contributed by atoms with E-state index in [1.807, 2.05) is 6.07 Å². The maximum atomic E-state index is 13.5. The fraction of sp³-hybridized carbons (Fsp3) is 0.160. The molecule has 1 saturated heterocycles. The Hall–Kier alpha value is -4.05. The lowest BCUT2D eigenvalue weighted by Gasteiger charge is -2.24. The van der Waals surface area contributed by atoms with Gasteiger partial charge in [0.1, 0.15) is 17.7 Å². The Bertz CT molecular complexity index is 1300. The zero-order valence-electron chi connectivity index (χ0n) is 18.2. The van der Waals surface area contributed by atoms with Crippen LogP contribution in [0.1, 0.15) is 12.0 Å². The van der Waals surface area contributed by atoms with E-state index in [2.05, 4.69) is 5.32 Å². The zero-order chi connectivity index (χ0) is 24.5. The standard InChI is InChI=1S/C25H19F2N3O4S/c26-16-2-6-18(7-3-16)28-23(31)12-20-24(32)30(19-8-4-17(27)5-9-19)25(35)29(20)13-15-1-10-21-22(11-15)34-14-33-21/h1-11,20H,12-14H2,(H,28,31)/t20-/m0/s1. The number of nitrogens with zero attached hydrogens (tertiary/aromatic N) is 2. The third-order valence-electron chi connectivity index (χ3n) is 5.70. The highest BCUT2D eigenvalue weighted by atomic mass is 32.1. The predicted molar refractivity (Wildman–Crippen MR) is 128 cm³/mol. The molecule has 3 aromatic rings. The first kappa shape index (κ1) is 22.7. The quantitative estimate of drug-likeness (QED) is 0.517. The summed E-state index contributed by atoms with van der Waals surface area (Å²) in [4.78, 5) is 29.2. The molecular formula is C25H19F2N3O4S. The highest BCUT2D eigenvalue weighted by Crippen LogP contribution is 2.34. The average molecular weight is 496 g/mol. The molecule has 1 atom stereocenters. The first-order valence-electron chi connectivity index (χ1n) is 10.7. The molecule has 1 N–H and O–H groups in total. The number of fused-ring (bicyclic) bond motifs is 1. The largest absolute Gasteiger partial charge is 0.454 e. The van der Waals surface area contributed by atoms with Crippen LogP contribution in [0.3, 0.4) is 0 Å². The molecule has 0 aromatic heterocycles. The van der Waals surface area contributed by atoms with Gasteiger partial charge in [0, 0.05) is 12.2 Å². The molecule has 0 aliphatic carbocycles. The Morgan fingerprint density at radius 3 is 2.34 bits per heavy atom. The van der Waals surface area contributed by atoms with Gasteiger partial charge in [0.25, 0.3) is 5.91 Å². The van der Waals surface area contributed by atoms with Crippen molar-refractivity contribution < 1.29 is 27.8 Å². The van der Waals surface area contributed by atoms with Gasteiger partial charge in [-0.15, -0.1) is 0 Å². The minimum absolute atomic E-state index is 0.129. The Kier molecular flexibility index (Phi) is 6.04. The number of carbonyl (C=O) groups excluding carboxylic acids is 2. The molecule has 35 heavy (non-hydrogen) atoms. The number of thiocarbonyl (C=S) groups is 1. The molecule has 0 saturated carbocycles. The number of hydrogen-bond donors (Lipinski definition) is 1. The van der Waals surface area contributed by atoms with Crippen LogP contribution in [-0.4, -0.2) is 34.7 Å². The summed E-state index contributed by atoms with van der Waals surface area (Å²) in [7, 11) is 0. The second-order valence-electron chi connectivity index (χ2n) is 8.02. The van der Waals surface area contributed by atoms with Crippen LogP contribution in [0.2, 0.25) is 0 Å². The van der Waals surface area contributed by atoms with Crippen molar-refractivity contribution in [1.82, 2.24) is 4.90 Å². The van der Waals surface area contributed by atoms with Crippen LogP contribution >= 0.6 is 12.2 Å². The molecule has 2 heterocycles. The fourth-order valence-corrected chi connectivity index (χ4v) is 4.39. The van der Waals surface area contributed by atoms with Crippen molar-refractivity contribution in [3.63, 3.8) is 0 Å². The van der Waals surface area contributed by atoms with Crippen molar-refractivity contribution in [1.29, 1.82) is 0 Å². The predicted octanol–water partition coefficient (Wildman–Crippen LogP) is 4.22. The van der Waals surface area contributed by atoms with Crippen molar-refractivity contribution in [3.8, 4) is 11.5 Å². The van der Waals surface area contributed by atoms with Crippen molar-refractivity contribution in [2.75, 3.05) is 17.0 Å². The van der Waals surface area contributed by atoms with E-state index in [4.69, 9.17) is 21.7 Å². The van der Waals surface area contributed by atoms with E-state index < -0.39 is 29.5 Å². The molecule has 0 spiro atoms. The summed E-state index contributed by atoms with van der Waals surface area (Å²) in [5, 5.41) is 2.87. The summed E-state index contributed by atoms with van der Waals surface area (Å²) < 4.78 is 37.5. The summed E-state index contributed by atoms with van der Waals surface area (Å²) in [6.07, 6.45) is -0.196. The average Bonchev–Trinajstić information content (AvgIpc) is 3.39. The van der Waals surface area contributed by atoms with Crippen LogP contribution < -0.4 is 19.7 Å². The molecule has 178 valence electrons. The van der Waals surface area contributed by atoms with Gasteiger partial charge in [0.2, 0.25) is 12.7 Å². The van der Waals surface area contributed by atoms with Gasteiger partial charge < -0.3 is 19.7 Å². The van der Waals surface area contributed by atoms with Crippen LogP contribution in [0.4, 0.5) is 20.2 Å². The molecule has 3 aromatic carbocycles. The van der Waals surface area contributed by atoms with Crippen LogP contribution in [-0.2, 0) is 16.1 Å². The minimum atomic E-state index is -0.904. The van der Waals surface area contributed by atoms with Crippen LogP contribution in [0.25, 0.3) is 0 Å². The van der Waals surface area contributed by atoms with E-state index in [0.717, 1.165) is 5.56 Å². The van der Waals surface area contributed by atoms with Crippen LogP contribution in [0.15, 0.2) is 66.7 Å². The molecule has 2 amide bonds. The topological polar surface area (TPSA) is 71.1 Å². The lowest BCUT2D eigenvalue weighted by Crippen LogP contribution is -2.37. The number of rotatable bonds is 6. The van der Waals surface area contributed by atoms with Gasteiger partial charge in [-0.05, 0) is 78.4 Å². The van der Waals surface area contributed by atoms with Crippen LogP contribution in [0, 0.1) is 11.6 Å². The lowest BCUT2D eigenvalue weighted by atomic mass is 10.1. The molecule has 5 rings (SSSR count). The monoisotopic (exact) mass is 495 g/mol. The molecular weight excluding hydrogens is 476 g/mol. The van der Waals surface area contributed by atoms with Gasteiger partial charge in [-0.1, -0.05) is 6.07 Å². The van der Waals surface area contributed by atoms with E-state index in [0.29, 0.717) is 22.9 Å². The third-order valence-corrected chi connectivity index (χ3v) is 6.12. The maximum absolute atomic E-state index is 13.5. The Morgan fingerprint density at radius 2 is 1.63 bits per heavy atom. The van der Waals surface area contributed by atoms with Gasteiger partial charge in [-0.2, -0.15) is 0 Å². The van der Waals surface area contributed by atoms with E-state index >= 15 is 0 Å². The van der Waals surface area contributed by atoms with Crippen molar-refractivity contribution in [2.24, 2.45) is 0 Å². The molecule has 10 heteroatoms. The molecule has 2 aliphatic heterocycles. The summed E-state index contributed by atoms with van der Waals surface area (Å²) in [6, 6.07) is 15.2. The van der Waals surface area contributed by atoms with Crippen molar-refractivity contribution in [2.45, 2.75) is 19.0 Å². The zero-order valence-corrected chi connectivity index (χ0v) is 19.1. The highest BCUT2D eigenvalue weighted by Gasteiger charge is 2.44. The minimum Gasteiger partial charge on any atom is -0.454 e. The van der Waals surface area contributed by atoms with E-state index in [1.165, 1.54) is 53.4 Å². The van der Waals surface area contributed by atoms with Gasteiger partial charge in [0.15, 0.2) is 16.6 Å². The SMILES string of the molecule is O=C(C[C@H]1C(=O)N(c2ccc(F)cc2)C(=S)N1Cc1ccc2c(c1)OCO2)Nc1ccc(F)cc1. The number of carbonyl (C=O) groups is 2. The Labute approximate surface area is 204 Å². The first-order valence-corrected chi connectivity index (χ1v) is 11.1. The van der Waals surface area contributed by atoms with E-state index in [9.17, 15) is 18.4 Å². The Balaban J connectivity index is 1.41. The molecule has 2 aliphatic rings. The summed E-state index contributed by atoms with van der Waals surface area (Å²) in [5.74, 6) is -0.508. The second kappa shape index (κ2) is 9.30. The number of nitrogens with one attached hydrogen (secondary N) is 1. The fourth-order valence-electron chi connectivity index (χ4n) is 4.00. The third kappa shape index (κ3) is 4.65. The number of anilines is 2. The molecule has 1 fully saturated rings. The van der Waals surface area contributed by atoms with Crippen molar-refractivity contribution >= 4 is 40.5 Å². The van der Waals surface area contributed by atoms with Gasteiger partial charge in [-0.3, -0.25) is 14.5 Å². The number of ether oxygens (including phenoxy) is 2. The van der Waals surface area contributed by atoms with Crippen LogP contribution in [0.5, 0.6) is 11.5 Å². The normalized spacial score (nSPS) is 16.7. The molecule has 0 radical (unpaired) electrons. The van der Waals surface area contributed by atoms with E-state index in [1.54, 1.807) is 17.0 Å². The highest BCUT2D eigenvalue weighted by molar-refractivity contribution is 7.80. The van der Waals surface area contributed by atoms with E-state index in [-0.39, 0.29) is 24.9 Å². The number of halogens is 2. The number of amides is 2. The van der Waals surface area contributed by atoms with Gasteiger partial charge in [0.05, 0.1) is 12.1 Å².